The van der Waals surface area contributed by atoms with Gasteiger partial charge in [0.05, 0.1) is 7.11 Å². The molecule has 0 N–H and O–H groups in total. The molecule has 80 valence electrons. The van der Waals surface area contributed by atoms with Crippen LogP contribution in [0.1, 0.15) is 31.4 Å². The highest BCUT2D eigenvalue weighted by molar-refractivity contribution is 5.35. The molecule has 0 radical (unpaired) electrons. The highest BCUT2D eigenvalue weighted by Gasteiger charge is 2.10. The lowest BCUT2D eigenvalue weighted by atomic mass is 10.1. The van der Waals surface area contributed by atoms with Gasteiger partial charge in [0.15, 0.2) is 0 Å². The van der Waals surface area contributed by atoms with E-state index in [9.17, 15) is 8.78 Å². The smallest absolute Gasteiger partial charge is 0.264 e. The molecule has 0 atom stereocenters. The summed E-state index contributed by atoms with van der Waals surface area (Å²) in [6.45, 7) is 5.65. The first-order valence-electron chi connectivity index (χ1n) is 4.58. The highest BCUT2D eigenvalue weighted by Crippen LogP contribution is 2.26. The SMILES string of the molecule is CC.COc1ccc(C)c(C(F)F)c1. The van der Waals surface area contributed by atoms with Crippen LogP contribution < -0.4 is 4.74 Å². The molecule has 0 amide bonds. The van der Waals surface area contributed by atoms with Gasteiger partial charge in [-0.2, -0.15) is 0 Å². The zero-order valence-corrected chi connectivity index (χ0v) is 8.97. The zero-order valence-electron chi connectivity index (χ0n) is 8.97. The molecule has 14 heavy (non-hydrogen) atoms. The molecule has 0 aliphatic heterocycles. The normalized spacial score (nSPS) is 9.36. The van der Waals surface area contributed by atoms with Crippen LogP contribution in [-0.4, -0.2) is 7.11 Å². The minimum absolute atomic E-state index is 0.0364. The number of rotatable bonds is 2. The molecule has 1 rings (SSSR count). The predicted octanol–water partition coefficient (Wildman–Crippen LogP) is 3.97. The molecule has 1 aromatic carbocycles. The van der Waals surface area contributed by atoms with E-state index in [2.05, 4.69) is 0 Å². The van der Waals surface area contributed by atoms with Crippen molar-refractivity contribution < 1.29 is 13.5 Å². The van der Waals surface area contributed by atoms with Gasteiger partial charge in [-0.15, -0.1) is 0 Å². The lowest BCUT2D eigenvalue weighted by molar-refractivity contribution is 0.150. The number of halogens is 2. The van der Waals surface area contributed by atoms with Crippen LogP contribution in [0.25, 0.3) is 0 Å². The van der Waals surface area contributed by atoms with E-state index in [0.29, 0.717) is 11.3 Å². The van der Waals surface area contributed by atoms with E-state index in [1.807, 2.05) is 13.8 Å². The Morgan fingerprint density at radius 2 is 1.79 bits per heavy atom. The third kappa shape index (κ3) is 3.32. The van der Waals surface area contributed by atoms with Crippen molar-refractivity contribution in [3.05, 3.63) is 29.3 Å². The molecule has 1 nitrogen and oxygen atoms in total. The molecule has 0 saturated carbocycles. The molecule has 0 spiro atoms. The van der Waals surface area contributed by atoms with Crippen LogP contribution in [0.5, 0.6) is 5.75 Å². The van der Waals surface area contributed by atoms with Gasteiger partial charge < -0.3 is 4.74 Å². The van der Waals surface area contributed by atoms with Crippen molar-refractivity contribution >= 4 is 0 Å². The van der Waals surface area contributed by atoms with Gasteiger partial charge in [-0.25, -0.2) is 8.78 Å². The number of benzene rings is 1. The van der Waals surface area contributed by atoms with Gasteiger partial charge in [-0.1, -0.05) is 19.9 Å². The number of methoxy groups -OCH3 is 1. The monoisotopic (exact) mass is 202 g/mol. The Kier molecular flexibility index (Phi) is 5.84. The first-order valence-corrected chi connectivity index (χ1v) is 4.58. The second-order valence-electron chi connectivity index (χ2n) is 2.52. The van der Waals surface area contributed by atoms with E-state index in [-0.39, 0.29) is 5.56 Å². The van der Waals surface area contributed by atoms with Crippen molar-refractivity contribution in [3.63, 3.8) is 0 Å². The largest absolute Gasteiger partial charge is 0.497 e. The fraction of sp³-hybridized carbons (Fsp3) is 0.455. The molecule has 3 heteroatoms. The van der Waals surface area contributed by atoms with Crippen molar-refractivity contribution in [3.8, 4) is 5.75 Å². The average Bonchev–Trinajstić information content (AvgIpc) is 2.21. The number of alkyl halides is 2. The fourth-order valence-electron chi connectivity index (χ4n) is 0.981. The molecule has 0 bridgehead atoms. The van der Waals surface area contributed by atoms with Gasteiger partial charge in [0.2, 0.25) is 0 Å². The summed E-state index contributed by atoms with van der Waals surface area (Å²) in [7, 11) is 1.46. The minimum atomic E-state index is -2.43. The molecule has 1 aromatic rings. The Labute approximate surface area is 83.7 Å². The summed E-state index contributed by atoms with van der Waals surface area (Å²) in [5.74, 6) is 0.468. The van der Waals surface area contributed by atoms with Crippen molar-refractivity contribution in [2.75, 3.05) is 7.11 Å². The lowest BCUT2D eigenvalue weighted by Gasteiger charge is -2.06. The van der Waals surface area contributed by atoms with E-state index in [1.54, 1.807) is 19.1 Å². The number of hydrogen-bond donors (Lipinski definition) is 0. The highest BCUT2D eigenvalue weighted by atomic mass is 19.3. The maximum Gasteiger partial charge on any atom is 0.264 e. The standard InChI is InChI=1S/C9H10F2O.C2H6/c1-6-3-4-7(12-2)5-8(6)9(10)11;1-2/h3-5,9H,1-2H3;1-2H3. The average molecular weight is 202 g/mol. The molecule has 0 saturated heterocycles. The Morgan fingerprint density at radius 3 is 2.21 bits per heavy atom. The van der Waals surface area contributed by atoms with E-state index in [0.717, 1.165) is 0 Å². The zero-order chi connectivity index (χ0) is 11.1. The minimum Gasteiger partial charge on any atom is -0.497 e. The van der Waals surface area contributed by atoms with Gasteiger partial charge in [-0.05, 0) is 24.6 Å². The summed E-state index contributed by atoms with van der Waals surface area (Å²) in [5.41, 5.74) is 0.625. The van der Waals surface area contributed by atoms with Gasteiger partial charge in [0.1, 0.15) is 5.75 Å². The molecule has 0 unspecified atom stereocenters. The summed E-state index contributed by atoms with van der Waals surface area (Å²) in [4.78, 5) is 0. The molecular weight excluding hydrogens is 186 g/mol. The van der Waals surface area contributed by atoms with Crippen LogP contribution in [-0.2, 0) is 0 Å². The van der Waals surface area contributed by atoms with E-state index in [1.165, 1.54) is 13.2 Å². The maximum absolute atomic E-state index is 12.3. The van der Waals surface area contributed by atoms with Crippen molar-refractivity contribution in [2.24, 2.45) is 0 Å². The Morgan fingerprint density at radius 1 is 1.21 bits per heavy atom. The lowest BCUT2D eigenvalue weighted by Crippen LogP contribution is -1.91. The van der Waals surface area contributed by atoms with Gasteiger partial charge in [0, 0.05) is 5.56 Å². The van der Waals surface area contributed by atoms with Crippen molar-refractivity contribution in [1.29, 1.82) is 0 Å². The quantitative estimate of drug-likeness (QED) is 0.705. The number of aryl methyl sites for hydroxylation is 1. The first-order chi connectivity index (χ1) is 6.65. The molecule has 0 aliphatic rings. The summed E-state index contributed by atoms with van der Waals surface area (Å²) in [6, 6.07) is 4.65. The van der Waals surface area contributed by atoms with Gasteiger partial charge >= 0.3 is 0 Å². The Hall–Kier alpha value is -1.12. The summed E-state index contributed by atoms with van der Waals surface area (Å²) < 4.78 is 29.4. The van der Waals surface area contributed by atoms with Crippen molar-refractivity contribution in [2.45, 2.75) is 27.2 Å². The van der Waals surface area contributed by atoms with E-state index in [4.69, 9.17) is 4.74 Å². The summed E-state index contributed by atoms with van der Waals surface area (Å²) in [5, 5.41) is 0. The molecule has 0 fully saturated rings. The first kappa shape index (κ1) is 12.9. The van der Waals surface area contributed by atoms with Crippen LogP contribution in [0.4, 0.5) is 8.78 Å². The molecular formula is C11H16F2O. The molecule has 0 aromatic heterocycles. The number of ether oxygens (including phenoxy) is 1. The Bertz CT molecular complexity index is 272. The van der Waals surface area contributed by atoms with Crippen LogP contribution in [0, 0.1) is 6.92 Å². The van der Waals surface area contributed by atoms with Gasteiger partial charge in [0.25, 0.3) is 6.43 Å². The third-order valence-electron chi connectivity index (χ3n) is 1.72. The van der Waals surface area contributed by atoms with E-state index < -0.39 is 6.43 Å². The second kappa shape index (κ2) is 6.35. The molecule has 0 heterocycles. The van der Waals surface area contributed by atoms with Crippen LogP contribution in [0.15, 0.2) is 18.2 Å². The predicted molar refractivity (Wildman–Crippen MR) is 54.0 cm³/mol. The van der Waals surface area contributed by atoms with Crippen LogP contribution in [0.3, 0.4) is 0 Å². The summed E-state index contributed by atoms with van der Waals surface area (Å²) in [6.07, 6.45) is -2.43. The summed E-state index contributed by atoms with van der Waals surface area (Å²) >= 11 is 0. The van der Waals surface area contributed by atoms with Crippen LogP contribution >= 0.6 is 0 Å². The van der Waals surface area contributed by atoms with E-state index >= 15 is 0 Å². The fourth-order valence-corrected chi connectivity index (χ4v) is 0.981. The van der Waals surface area contributed by atoms with Crippen LogP contribution in [0.2, 0.25) is 0 Å². The third-order valence-corrected chi connectivity index (χ3v) is 1.72. The maximum atomic E-state index is 12.3. The molecule has 0 aliphatic carbocycles. The number of hydrogen-bond acceptors (Lipinski definition) is 1. The second-order valence-corrected chi connectivity index (χ2v) is 2.52. The topological polar surface area (TPSA) is 9.23 Å². The van der Waals surface area contributed by atoms with Crippen molar-refractivity contribution in [1.82, 2.24) is 0 Å². The Balaban J connectivity index is 0.000000791. The van der Waals surface area contributed by atoms with Gasteiger partial charge in [-0.3, -0.25) is 0 Å².